The summed E-state index contributed by atoms with van der Waals surface area (Å²) in [7, 11) is 0. The van der Waals surface area contributed by atoms with Gasteiger partial charge in [0.1, 0.15) is 5.75 Å². The number of alkyl halides is 2. The van der Waals surface area contributed by atoms with Gasteiger partial charge in [-0.05, 0) is 36.2 Å². The van der Waals surface area contributed by atoms with E-state index >= 15 is 0 Å². The van der Waals surface area contributed by atoms with Crippen LogP contribution in [0.3, 0.4) is 0 Å². The molecule has 1 unspecified atom stereocenters. The number of hydrogen-bond acceptors (Lipinski definition) is 2. The second kappa shape index (κ2) is 6.89. The molecule has 0 bridgehead atoms. The van der Waals surface area contributed by atoms with Gasteiger partial charge in [0.2, 0.25) is 0 Å². The van der Waals surface area contributed by atoms with Gasteiger partial charge in [0.05, 0.1) is 6.04 Å². The quantitative estimate of drug-likeness (QED) is 0.814. The van der Waals surface area contributed by atoms with Crippen LogP contribution in [0.15, 0.2) is 54.6 Å². The standard InChI is InChI=1S/C16H17F2NO/c1-2-15(12-6-4-3-5-7-12)19-13-8-10-14(11-9-13)20-16(17)18/h3-11,15-16,19H,2H2,1H3. The van der Waals surface area contributed by atoms with Gasteiger partial charge in [-0.25, -0.2) is 0 Å². The van der Waals surface area contributed by atoms with E-state index in [1.807, 2.05) is 18.2 Å². The van der Waals surface area contributed by atoms with E-state index in [2.05, 4.69) is 29.1 Å². The Labute approximate surface area is 117 Å². The molecule has 0 radical (unpaired) electrons. The lowest BCUT2D eigenvalue weighted by Crippen LogP contribution is -2.09. The largest absolute Gasteiger partial charge is 0.435 e. The summed E-state index contributed by atoms with van der Waals surface area (Å²) in [5.74, 6) is 0.165. The van der Waals surface area contributed by atoms with E-state index in [0.29, 0.717) is 0 Å². The van der Waals surface area contributed by atoms with Crippen molar-refractivity contribution in [2.75, 3.05) is 5.32 Å². The maximum absolute atomic E-state index is 12.1. The van der Waals surface area contributed by atoms with Crippen molar-refractivity contribution in [3.8, 4) is 5.75 Å². The first kappa shape index (κ1) is 14.3. The Hall–Kier alpha value is -2.10. The molecule has 4 heteroatoms. The molecule has 0 aromatic heterocycles. The molecule has 0 spiro atoms. The van der Waals surface area contributed by atoms with Gasteiger partial charge < -0.3 is 10.1 Å². The fourth-order valence-corrected chi connectivity index (χ4v) is 2.04. The zero-order valence-corrected chi connectivity index (χ0v) is 11.2. The molecule has 0 saturated heterocycles. The molecule has 2 rings (SSSR count). The minimum Gasteiger partial charge on any atom is -0.435 e. The molecule has 0 heterocycles. The Balaban J connectivity index is 2.05. The fraction of sp³-hybridized carbons (Fsp3) is 0.250. The molecule has 1 N–H and O–H groups in total. The van der Waals surface area contributed by atoms with Crippen molar-refractivity contribution >= 4 is 5.69 Å². The van der Waals surface area contributed by atoms with Crippen molar-refractivity contribution in [3.63, 3.8) is 0 Å². The van der Waals surface area contributed by atoms with Crippen LogP contribution in [-0.4, -0.2) is 6.61 Å². The van der Waals surface area contributed by atoms with E-state index in [9.17, 15) is 8.78 Å². The van der Waals surface area contributed by atoms with Crippen molar-refractivity contribution < 1.29 is 13.5 Å². The van der Waals surface area contributed by atoms with Gasteiger partial charge in [0, 0.05) is 5.69 Å². The van der Waals surface area contributed by atoms with Crippen molar-refractivity contribution in [1.82, 2.24) is 0 Å². The summed E-state index contributed by atoms with van der Waals surface area (Å²) in [6.07, 6.45) is 0.930. The SMILES string of the molecule is CCC(Nc1ccc(OC(F)F)cc1)c1ccccc1. The lowest BCUT2D eigenvalue weighted by molar-refractivity contribution is -0.0498. The summed E-state index contributed by atoms with van der Waals surface area (Å²) < 4.78 is 28.5. The zero-order chi connectivity index (χ0) is 14.4. The number of anilines is 1. The van der Waals surface area contributed by atoms with Crippen LogP contribution < -0.4 is 10.1 Å². The summed E-state index contributed by atoms with van der Waals surface area (Å²) in [6.45, 7) is -0.694. The van der Waals surface area contributed by atoms with E-state index in [1.54, 1.807) is 12.1 Å². The lowest BCUT2D eigenvalue weighted by Gasteiger charge is -2.19. The van der Waals surface area contributed by atoms with Crippen molar-refractivity contribution in [1.29, 1.82) is 0 Å². The highest BCUT2D eigenvalue weighted by Gasteiger charge is 2.09. The van der Waals surface area contributed by atoms with Crippen molar-refractivity contribution in [2.45, 2.75) is 26.0 Å². The van der Waals surface area contributed by atoms with Crippen LogP contribution in [0.4, 0.5) is 14.5 Å². The normalized spacial score (nSPS) is 12.2. The molecule has 106 valence electrons. The molecule has 1 atom stereocenters. The van der Waals surface area contributed by atoms with Gasteiger partial charge in [-0.3, -0.25) is 0 Å². The maximum Gasteiger partial charge on any atom is 0.387 e. The average molecular weight is 277 g/mol. The summed E-state index contributed by atoms with van der Waals surface area (Å²) in [4.78, 5) is 0. The Kier molecular flexibility index (Phi) is 4.93. The molecular weight excluding hydrogens is 260 g/mol. The van der Waals surface area contributed by atoms with Crippen molar-refractivity contribution in [3.05, 3.63) is 60.2 Å². The Morgan fingerprint density at radius 1 is 1.00 bits per heavy atom. The first-order valence-electron chi connectivity index (χ1n) is 6.55. The molecule has 2 aromatic rings. The number of nitrogens with one attached hydrogen (secondary N) is 1. The van der Waals surface area contributed by atoms with Crippen LogP contribution >= 0.6 is 0 Å². The summed E-state index contributed by atoms with van der Waals surface area (Å²) in [5, 5.41) is 3.38. The van der Waals surface area contributed by atoms with E-state index in [0.717, 1.165) is 12.1 Å². The first-order chi connectivity index (χ1) is 9.69. The minimum atomic E-state index is -2.79. The number of benzene rings is 2. The highest BCUT2D eigenvalue weighted by Crippen LogP contribution is 2.24. The molecule has 20 heavy (non-hydrogen) atoms. The van der Waals surface area contributed by atoms with E-state index in [4.69, 9.17) is 0 Å². The van der Waals surface area contributed by atoms with Gasteiger partial charge >= 0.3 is 6.61 Å². The molecule has 0 aliphatic heterocycles. The highest BCUT2D eigenvalue weighted by molar-refractivity contribution is 5.48. The molecule has 2 aromatic carbocycles. The topological polar surface area (TPSA) is 21.3 Å². The smallest absolute Gasteiger partial charge is 0.387 e. The minimum absolute atomic E-state index is 0.165. The fourth-order valence-electron chi connectivity index (χ4n) is 2.04. The summed E-state index contributed by atoms with van der Waals surface area (Å²) in [5.41, 5.74) is 2.07. The highest BCUT2D eigenvalue weighted by atomic mass is 19.3. The Morgan fingerprint density at radius 3 is 2.20 bits per heavy atom. The number of ether oxygens (including phenoxy) is 1. The van der Waals surface area contributed by atoms with E-state index in [1.165, 1.54) is 17.7 Å². The predicted molar refractivity (Wildman–Crippen MR) is 76.2 cm³/mol. The second-order valence-corrected chi connectivity index (χ2v) is 4.42. The van der Waals surface area contributed by atoms with Crippen LogP contribution in [0.1, 0.15) is 24.9 Å². The summed E-state index contributed by atoms with van der Waals surface area (Å²) >= 11 is 0. The first-order valence-corrected chi connectivity index (χ1v) is 6.55. The van der Waals surface area contributed by atoms with Gasteiger partial charge in [-0.2, -0.15) is 8.78 Å². The van der Waals surface area contributed by atoms with Gasteiger partial charge in [-0.1, -0.05) is 37.3 Å². The average Bonchev–Trinajstić information content (AvgIpc) is 2.47. The third kappa shape index (κ3) is 3.95. The van der Waals surface area contributed by atoms with Gasteiger partial charge in [-0.15, -0.1) is 0 Å². The van der Waals surface area contributed by atoms with Crippen LogP contribution in [-0.2, 0) is 0 Å². The van der Waals surface area contributed by atoms with Crippen LogP contribution in [0.25, 0.3) is 0 Å². The van der Waals surface area contributed by atoms with E-state index in [-0.39, 0.29) is 11.8 Å². The van der Waals surface area contributed by atoms with Crippen molar-refractivity contribution in [2.24, 2.45) is 0 Å². The molecule has 0 fully saturated rings. The van der Waals surface area contributed by atoms with Gasteiger partial charge in [0.25, 0.3) is 0 Å². The zero-order valence-electron chi connectivity index (χ0n) is 11.2. The lowest BCUT2D eigenvalue weighted by atomic mass is 10.0. The third-order valence-corrected chi connectivity index (χ3v) is 3.03. The molecule has 2 nitrogen and oxygen atoms in total. The Bertz CT molecular complexity index is 514. The molecule has 0 aliphatic rings. The number of rotatable bonds is 6. The van der Waals surface area contributed by atoms with Gasteiger partial charge in [0.15, 0.2) is 0 Å². The monoisotopic (exact) mass is 277 g/mol. The molecule has 0 amide bonds. The third-order valence-electron chi connectivity index (χ3n) is 3.03. The molecule has 0 saturated carbocycles. The maximum atomic E-state index is 12.1. The molecule has 0 aliphatic carbocycles. The van der Waals surface area contributed by atoms with Crippen LogP contribution in [0.5, 0.6) is 5.75 Å². The van der Waals surface area contributed by atoms with Crippen LogP contribution in [0, 0.1) is 0 Å². The Morgan fingerprint density at radius 2 is 1.65 bits per heavy atom. The summed E-state index contributed by atoms with van der Waals surface area (Å²) in [6, 6.07) is 16.8. The van der Waals surface area contributed by atoms with E-state index < -0.39 is 6.61 Å². The van der Waals surface area contributed by atoms with Crippen LogP contribution in [0.2, 0.25) is 0 Å². The predicted octanol–water partition coefficient (Wildman–Crippen LogP) is 4.85. The molecular formula is C16H17F2NO. The second-order valence-electron chi connectivity index (χ2n) is 4.42. The number of hydrogen-bond donors (Lipinski definition) is 1. The number of halogens is 2.